The number of thioether (sulfide) groups is 1. The van der Waals surface area contributed by atoms with Crippen LogP contribution in [0.1, 0.15) is 47.0 Å². The second kappa shape index (κ2) is 6.16. The van der Waals surface area contributed by atoms with Crippen LogP contribution in [-0.2, 0) is 9.59 Å². The monoisotopic (exact) mass is 287 g/mol. The minimum Gasteiger partial charge on any atom is -0.481 e. The summed E-state index contributed by atoms with van der Waals surface area (Å²) >= 11 is 1.89. The highest BCUT2D eigenvalue weighted by atomic mass is 32.2. The molecule has 0 radical (unpaired) electrons. The van der Waals surface area contributed by atoms with Crippen molar-refractivity contribution in [3.8, 4) is 0 Å². The van der Waals surface area contributed by atoms with Crippen molar-refractivity contribution in [2.75, 3.05) is 12.3 Å². The van der Waals surface area contributed by atoms with Crippen molar-refractivity contribution in [3.05, 3.63) is 0 Å². The van der Waals surface area contributed by atoms with Crippen LogP contribution in [0.2, 0.25) is 0 Å². The van der Waals surface area contributed by atoms with Gasteiger partial charge in [0.1, 0.15) is 0 Å². The van der Waals surface area contributed by atoms with Crippen LogP contribution in [0.5, 0.6) is 0 Å². The molecule has 1 amide bonds. The molecule has 1 aliphatic rings. The minimum absolute atomic E-state index is 0.0424. The first kappa shape index (κ1) is 16.3. The van der Waals surface area contributed by atoms with Gasteiger partial charge in [-0.25, -0.2) is 0 Å². The summed E-state index contributed by atoms with van der Waals surface area (Å²) in [4.78, 5) is 23.3. The maximum absolute atomic E-state index is 12.0. The summed E-state index contributed by atoms with van der Waals surface area (Å²) in [6.45, 7) is 8.12. The van der Waals surface area contributed by atoms with E-state index in [4.69, 9.17) is 0 Å². The average molecular weight is 287 g/mol. The van der Waals surface area contributed by atoms with Gasteiger partial charge < -0.3 is 10.4 Å². The molecular formula is C14H25NO3S. The summed E-state index contributed by atoms with van der Waals surface area (Å²) in [6, 6.07) is 0. The minimum atomic E-state index is -0.992. The SMILES string of the molecule is CC(C)C(C)(CC(=O)NCC1(C)CCCS1)C(=O)O. The molecule has 1 fully saturated rings. The van der Waals surface area contributed by atoms with Crippen molar-refractivity contribution >= 4 is 23.6 Å². The van der Waals surface area contributed by atoms with Crippen LogP contribution < -0.4 is 5.32 Å². The lowest BCUT2D eigenvalue weighted by Gasteiger charge is -2.29. The largest absolute Gasteiger partial charge is 0.481 e. The summed E-state index contributed by atoms with van der Waals surface area (Å²) in [7, 11) is 0. The Labute approximate surface area is 119 Å². The number of carbonyl (C=O) groups excluding carboxylic acids is 1. The number of hydrogen-bond acceptors (Lipinski definition) is 3. The van der Waals surface area contributed by atoms with Crippen LogP contribution in [0, 0.1) is 11.3 Å². The van der Waals surface area contributed by atoms with Crippen LogP contribution >= 0.6 is 11.8 Å². The lowest BCUT2D eigenvalue weighted by atomic mass is 9.76. The Bertz CT molecular complexity index is 351. The van der Waals surface area contributed by atoms with Crippen molar-refractivity contribution in [1.82, 2.24) is 5.32 Å². The Kier molecular flexibility index (Phi) is 5.30. The summed E-state index contributed by atoms with van der Waals surface area (Å²) < 4.78 is 0.118. The Morgan fingerprint density at radius 1 is 1.47 bits per heavy atom. The number of nitrogens with one attached hydrogen (secondary N) is 1. The van der Waals surface area contributed by atoms with E-state index in [1.54, 1.807) is 6.92 Å². The highest BCUT2D eigenvalue weighted by Crippen LogP contribution is 2.37. The number of amides is 1. The third kappa shape index (κ3) is 4.13. The highest BCUT2D eigenvalue weighted by molar-refractivity contribution is 8.00. The summed E-state index contributed by atoms with van der Waals surface area (Å²) in [5.74, 6) is 0.00389. The third-order valence-electron chi connectivity index (χ3n) is 4.25. The molecule has 110 valence electrons. The molecule has 0 aromatic carbocycles. The summed E-state index contributed by atoms with van der Waals surface area (Å²) in [5, 5.41) is 12.2. The van der Waals surface area contributed by atoms with Crippen molar-refractivity contribution in [2.24, 2.45) is 11.3 Å². The van der Waals surface area contributed by atoms with Crippen LogP contribution in [-0.4, -0.2) is 34.0 Å². The quantitative estimate of drug-likeness (QED) is 0.788. The molecule has 4 nitrogen and oxygen atoms in total. The van der Waals surface area contributed by atoms with Gasteiger partial charge in [-0.3, -0.25) is 9.59 Å². The van der Waals surface area contributed by atoms with Gasteiger partial charge in [0.05, 0.1) is 5.41 Å². The first-order chi connectivity index (χ1) is 8.69. The number of carbonyl (C=O) groups is 2. The van der Waals surface area contributed by atoms with E-state index in [1.165, 1.54) is 6.42 Å². The van der Waals surface area contributed by atoms with E-state index in [2.05, 4.69) is 12.2 Å². The lowest BCUT2D eigenvalue weighted by molar-refractivity contribution is -0.153. The van der Waals surface area contributed by atoms with Crippen molar-refractivity contribution in [2.45, 2.75) is 51.7 Å². The van der Waals surface area contributed by atoms with Gasteiger partial charge in [-0.1, -0.05) is 13.8 Å². The predicted molar refractivity (Wildman–Crippen MR) is 78.3 cm³/mol. The summed E-state index contributed by atoms with van der Waals surface area (Å²) in [5.41, 5.74) is -0.992. The Morgan fingerprint density at radius 2 is 2.11 bits per heavy atom. The fraction of sp³-hybridized carbons (Fsp3) is 0.857. The normalized spacial score (nSPS) is 26.2. The highest BCUT2D eigenvalue weighted by Gasteiger charge is 2.39. The van der Waals surface area contributed by atoms with E-state index >= 15 is 0 Å². The summed E-state index contributed by atoms with van der Waals surface area (Å²) in [6.07, 6.45) is 2.34. The molecule has 0 saturated carbocycles. The second-order valence-electron chi connectivity index (χ2n) is 6.23. The maximum atomic E-state index is 12.0. The van der Waals surface area contributed by atoms with E-state index in [0.29, 0.717) is 6.54 Å². The average Bonchev–Trinajstić information content (AvgIpc) is 2.73. The molecule has 1 saturated heterocycles. The second-order valence-corrected chi connectivity index (χ2v) is 7.92. The van der Waals surface area contributed by atoms with Gasteiger partial charge in [-0.15, -0.1) is 0 Å². The Balaban J connectivity index is 2.52. The molecule has 2 unspecified atom stereocenters. The van der Waals surface area contributed by atoms with Crippen molar-refractivity contribution in [1.29, 1.82) is 0 Å². The van der Waals surface area contributed by atoms with Crippen LogP contribution in [0.15, 0.2) is 0 Å². The fourth-order valence-corrected chi connectivity index (χ4v) is 3.43. The van der Waals surface area contributed by atoms with E-state index in [1.807, 2.05) is 25.6 Å². The number of rotatable bonds is 6. The maximum Gasteiger partial charge on any atom is 0.310 e. The van der Waals surface area contributed by atoms with Crippen molar-refractivity contribution < 1.29 is 14.7 Å². The first-order valence-electron chi connectivity index (χ1n) is 6.84. The van der Waals surface area contributed by atoms with E-state index in [9.17, 15) is 14.7 Å². The number of aliphatic carboxylic acids is 1. The Hall–Kier alpha value is -0.710. The molecular weight excluding hydrogens is 262 g/mol. The van der Waals surface area contributed by atoms with E-state index in [0.717, 1.165) is 12.2 Å². The van der Waals surface area contributed by atoms with Gasteiger partial charge in [0.25, 0.3) is 0 Å². The van der Waals surface area contributed by atoms with Gasteiger partial charge in [0, 0.05) is 17.7 Å². The molecule has 0 bridgehead atoms. The first-order valence-corrected chi connectivity index (χ1v) is 7.82. The number of hydrogen-bond donors (Lipinski definition) is 2. The predicted octanol–water partition coefficient (Wildman–Crippen LogP) is 2.53. The Morgan fingerprint density at radius 3 is 2.53 bits per heavy atom. The zero-order valence-corrected chi connectivity index (χ0v) is 13.1. The zero-order chi connectivity index (χ0) is 14.7. The van der Waals surface area contributed by atoms with Crippen molar-refractivity contribution in [3.63, 3.8) is 0 Å². The van der Waals surface area contributed by atoms with E-state index in [-0.39, 0.29) is 23.0 Å². The van der Waals surface area contributed by atoms with Gasteiger partial charge >= 0.3 is 5.97 Å². The molecule has 5 heteroatoms. The molecule has 0 spiro atoms. The van der Waals surface area contributed by atoms with Crippen LogP contribution in [0.4, 0.5) is 0 Å². The van der Waals surface area contributed by atoms with Gasteiger partial charge in [-0.2, -0.15) is 11.8 Å². The topological polar surface area (TPSA) is 66.4 Å². The third-order valence-corrected chi connectivity index (χ3v) is 5.79. The van der Waals surface area contributed by atoms with Crippen LogP contribution in [0.25, 0.3) is 0 Å². The van der Waals surface area contributed by atoms with Gasteiger partial charge in [-0.05, 0) is 38.4 Å². The molecule has 2 N–H and O–H groups in total. The zero-order valence-electron chi connectivity index (χ0n) is 12.3. The van der Waals surface area contributed by atoms with E-state index < -0.39 is 11.4 Å². The number of carboxylic acids is 1. The molecule has 0 aromatic heterocycles. The molecule has 0 aliphatic carbocycles. The molecule has 1 aliphatic heterocycles. The molecule has 2 atom stereocenters. The fourth-order valence-electron chi connectivity index (χ4n) is 2.18. The number of carboxylic acid groups (broad SMARTS) is 1. The molecule has 19 heavy (non-hydrogen) atoms. The lowest BCUT2D eigenvalue weighted by Crippen LogP contribution is -2.42. The molecule has 1 rings (SSSR count). The van der Waals surface area contributed by atoms with Gasteiger partial charge in [0.15, 0.2) is 0 Å². The standard InChI is InChI=1S/C14H25NO3S/c1-10(2)14(4,12(17)18)8-11(16)15-9-13(3)6-5-7-19-13/h10H,5-9H2,1-4H3,(H,15,16)(H,17,18). The smallest absolute Gasteiger partial charge is 0.310 e. The molecule has 0 aromatic rings. The van der Waals surface area contributed by atoms with Gasteiger partial charge in [0.2, 0.25) is 5.91 Å². The van der Waals surface area contributed by atoms with Crippen LogP contribution in [0.3, 0.4) is 0 Å². The molecule has 1 heterocycles.